The maximum Gasteiger partial charge on any atom is 0.433 e. The Bertz CT molecular complexity index is 1090. The van der Waals surface area contributed by atoms with E-state index in [9.17, 15) is 13.2 Å². The minimum atomic E-state index is -4.47. The van der Waals surface area contributed by atoms with E-state index in [4.69, 9.17) is 0 Å². The first-order valence-corrected chi connectivity index (χ1v) is 9.47. The van der Waals surface area contributed by atoms with E-state index in [1.165, 1.54) is 6.92 Å². The van der Waals surface area contributed by atoms with E-state index in [0.717, 1.165) is 42.7 Å². The van der Waals surface area contributed by atoms with Gasteiger partial charge in [-0.15, -0.1) is 5.10 Å². The average molecular weight is 403 g/mol. The fraction of sp³-hybridized carbons (Fsp3) is 0.474. The van der Waals surface area contributed by atoms with E-state index in [0.29, 0.717) is 18.9 Å². The maximum atomic E-state index is 13.1. The smallest absolute Gasteiger partial charge is 0.355 e. The van der Waals surface area contributed by atoms with Gasteiger partial charge in [0.1, 0.15) is 23.2 Å². The summed E-state index contributed by atoms with van der Waals surface area (Å²) in [6, 6.07) is 4.97. The van der Waals surface area contributed by atoms with Crippen molar-refractivity contribution < 1.29 is 13.2 Å². The summed E-state index contributed by atoms with van der Waals surface area (Å²) in [5, 5.41) is 4.65. The molecular formula is C19H20F3N7. The number of hydrogen-bond donors (Lipinski definition) is 0. The Hall–Kier alpha value is -2.91. The summed E-state index contributed by atoms with van der Waals surface area (Å²) in [7, 11) is 0. The van der Waals surface area contributed by atoms with Crippen LogP contribution >= 0.6 is 0 Å². The summed E-state index contributed by atoms with van der Waals surface area (Å²) in [6.07, 6.45) is -1.60. The summed E-state index contributed by atoms with van der Waals surface area (Å²) in [5.74, 6) is 1.38. The van der Waals surface area contributed by atoms with Gasteiger partial charge in [-0.3, -0.25) is 0 Å². The first-order valence-electron chi connectivity index (χ1n) is 9.47. The van der Waals surface area contributed by atoms with Crippen LogP contribution in [-0.2, 0) is 6.18 Å². The summed E-state index contributed by atoms with van der Waals surface area (Å²) < 4.78 is 40.9. The number of nitrogens with zero attached hydrogens (tertiary/aromatic N) is 7. The molecule has 3 aromatic heterocycles. The molecule has 0 amide bonds. The Kier molecular flexibility index (Phi) is 3.78. The second-order valence-electron chi connectivity index (χ2n) is 8.06. The van der Waals surface area contributed by atoms with E-state index in [1.807, 2.05) is 30.2 Å². The number of rotatable bonds is 2. The molecule has 0 aliphatic carbocycles. The first kappa shape index (κ1) is 18.1. The minimum absolute atomic E-state index is 0.0543. The Labute approximate surface area is 165 Å². The SMILES string of the molecule is Cc1cn2nc(N3CCC4(CN(c5cc(C(F)(F)F)nc(C)n5)C4)C3)ccc2n1. The largest absolute Gasteiger partial charge is 0.433 e. The van der Waals surface area contributed by atoms with Crippen LogP contribution in [0.15, 0.2) is 24.4 Å². The predicted molar refractivity (Wildman–Crippen MR) is 101 cm³/mol. The summed E-state index contributed by atoms with van der Waals surface area (Å²) in [6.45, 7) is 6.49. The van der Waals surface area contributed by atoms with E-state index in [2.05, 4.69) is 25.0 Å². The number of hydrogen-bond acceptors (Lipinski definition) is 6. The van der Waals surface area contributed by atoms with Crippen molar-refractivity contribution in [3.05, 3.63) is 41.6 Å². The number of alkyl halides is 3. The third-order valence-electron chi connectivity index (χ3n) is 5.68. The second-order valence-corrected chi connectivity index (χ2v) is 8.06. The fourth-order valence-electron chi connectivity index (χ4n) is 4.33. The quantitative estimate of drug-likeness (QED) is 0.656. The molecule has 2 aliphatic rings. The third kappa shape index (κ3) is 3.16. The summed E-state index contributed by atoms with van der Waals surface area (Å²) >= 11 is 0. The van der Waals surface area contributed by atoms with Gasteiger partial charge in [0.25, 0.3) is 0 Å². The molecule has 29 heavy (non-hydrogen) atoms. The van der Waals surface area contributed by atoms with Crippen molar-refractivity contribution in [1.82, 2.24) is 24.6 Å². The molecule has 0 radical (unpaired) electrons. The van der Waals surface area contributed by atoms with Crippen molar-refractivity contribution in [1.29, 1.82) is 0 Å². The van der Waals surface area contributed by atoms with Crippen LogP contribution in [0.25, 0.3) is 5.65 Å². The maximum absolute atomic E-state index is 13.1. The molecule has 0 saturated carbocycles. The lowest BCUT2D eigenvalue weighted by Crippen LogP contribution is -2.58. The highest BCUT2D eigenvalue weighted by atomic mass is 19.4. The van der Waals surface area contributed by atoms with Gasteiger partial charge < -0.3 is 9.80 Å². The highest BCUT2D eigenvalue weighted by Gasteiger charge is 2.49. The molecule has 1 spiro atoms. The molecule has 7 nitrogen and oxygen atoms in total. The van der Waals surface area contributed by atoms with Crippen LogP contribution in [0.2, 0.25) is 0 Å². The second kappa shape index (κ2) is 6.04. The van der Waals surface area contributed by atoms with Crippen LogP contribution in [0.1, 0.15) is 23.6 Å². The standard InChI is InChI=1S/C19H20F3N7/c1-12-8-29-15(23-12)3-4-16(26-29)27-6-5-18(9-27)10-28(11-18)17-7-14(19(20,21)22)24-13(2)25-17/h3-4,7-8H,5-6,9-11H2,1-2H3. The van der Waals surface area contributed by atoms with Gasteiger partial charge >= 0.3 is 6.18 Å². The molecule has 3 aromatic rings. The van der Waals surface area contributed by atoms with Gasteiger partial charge in [-0.05, 0) is 32.4 Å². The van der Waals surface area contributed by atoms with Gasteiger partial charge in [-0.2, -0.15) is 13.2 Å². The van der Waals surface area contributed by atoms with Crippen molar-refractivity contribution >= 4 is 17.3 Å². The third-order valence-corrected chi connectivity index (χ3v) is 5.68. The number of anilines is 2. The minimum Gasteiger partial charge on any atom is -0.355 e. The molecule has 2 aliphatic heterocycles. The number of aryl methyl sites for hydroxylation is 2. The number of halogens is 3. The van der Waals surface area contributed by atoms with Gasteiger partial charge in [-0.1, -0.05) is 0 Å². The molecule has 0 aromatic carbocycles. The van der Waals surface area contributed by atoms with Crippen LogP contribution in [0.5, 0.6) is 0 Å². The van der Waals surface area contributed by atoms with E-state index >= 15 is 0 Å². The molecular weight excluding hydrogens is 383 g/mol. The lowest BCUT2D eigenvalue weighted by molar-refractivity contribution is -0.141. The van der Waals surface area contributed by atoms with Gasteiger partial charge in [0, 0.05) is 37.7 Å². The summed E-state index contributed by atoms with van der Waals surface area (Å²) in [5.41, 5.74) is 0.899. The highest BCUT2D eigenvalue weighted by Crippen LogP contribution is 2.43. The van der Waals surface area contributed by atoms with Crippen molar-refractivity contribution in [3.8, 4) is 0 Å². The molecule has 0 bridgehead atoms. The molecule has 2 saturated heterocycles. The molecule has 5 heterocycles. The molecule has 0 atom stereocenters. The number of aromatic nitrogens is 5. The van der Waals surface area contributed by atoms with E-state index < -0.39 is 11.9 Å². The zero-order valence-corrected chi connectivity index (χ0v) is 16.1. The Morgan fingerprint density at radius 3 is 2.48 bits per heavy atom. The monoisotopic (exact) mass is 403 g/mol. The fourth-order valence-corrected chi connectivity index (χ4v) is 4.33. The van der Waals surface area contributed by atoms with Crippen LogP contribution in [-0.4, -0.2) is 50.7 Å². The van der Waals surface area contributed by atoms with Crippen LogP contribution in [0, 0.1) is 19.3 Å². The molecule has 0 unspecified atom stereocenters. The highest BCUT2D eigenvalue weighted by molar-refractivity contribution is 5.50. The zero-order valence-electron chi connectivity index (χ0n) is 16.1. The molecule has 2 fully saturated rings. The summed E-state index contributed by atoms with van der Waals surface area (Å²) in [4.78, 5) is 16.3. The first-order chi connectivity index (χ1) is 13.7. The lowest BCUT2D eigenvalue weighted by atomic mass is 9.79. The molecule has 5 rings (SSSR count). The van der Waals surface area contributed by atoms with Gasteiger partial charge in [0.2, 0.25) is 0 Å². The Balaban J connectivity index is 1.31. The Morgan fingerprint density at radius 2 is 1.72 bits per heavy atom. The molecule has 0 N–H and O–H groups in total. The molecule has 10 heteroatoms. The topological polar surface area (TPSA) is 62.5 Å². The zero-order chi connectivity index (χ0) is 20.4. The number of fused-ring (bicyclic) bond motifs is 1. The predicted octanol–water partition coefficient (Wildman–Crippen LogP) is 2.87. The van der Waals surface area contributed by atoms with Gasteiger partial charge in [0.15, 0.2) is 5.65 Å². The normalized spacial score (nSPS) is 18.7. The van der Waals surface area contributed by atoms with Crippen LogP contribution in [0.3, 0.4) is 0 Å². The molecule has 152 valence electrons. The van der Waals surface area contributed by atoms with Gasteiger partial charge in [0.05, 0.1) is 11.9 Å². The van der Waals surface area contributed by atoms with Gasteiger partial charge in [-0.25, -0.2) is 19.5 Å². The van der Waals surface area contributed by atoms with Crippen molar-refractivity contribution in [3.63, 3.8) is 0 Å². The number of imidazole rings is 1. The van der Waals surface area contributed by atoms with Crippen molar-refractivity contribution in [2.24, 2.45) is 5.41 Å². The lowest BCUT2D eigenvalue weighted by Gasteiger charge is -2.48. The van der Waals surface area contributed by atoms with Crippen LogP contribution in [0.4, 0.5) is 24.8 Å². The van der Waals surface area contributed by atoms with Crippen molar-refractivity contribution in [2.75, 3.05) is 36.0 Å². The Morgan fingerprint density at radius 1 is 0.966 bits per heavy atom. The van der Waals surface area contributed by atoms with E-state index in [-0.39, 0.29) is 11.2 Å². The van der Waals surface area contributed by atoms with Crippen molar-refractivity contribution in [2.45, 2.75) is 26.4 Å². The van der Waals surface area contributed by atoms with E-state index in [1.54, 1.807) is 4.52 Å². The van der Waals surface area contributed by atoms with Crippen LogP contribution < -0.4 is 9.80 Å². The average Bonchev–Trinajstić information content (AvgIpc) is 3.21.